The molecule has 1 heterocycles. The lowest BCUT2D eigenvalue weighted by atomic mass is 10.1. The summed E-state index contributed by atoms with van der Waals surface area (Å²) in [7, 11) is 0. The lowest BCUT2D eigenvalue weighted by molar-refractivity contribution is -0.276. The maximum Gasteiger partial charge on any atom is 0.573 e. The van der Waals surface area contributed by atoms with Crippen molar-refractivity contribution in [2.24, 2.45) is 5.73 Å². The van der Waals surface area contributed by atoms with Crippen molar-refractivity contribution in [3.8, 4) is 5.75 Å². The van der Waals surface area contributed by atoms with Crippen molar-refractivity contribution in [2.45, 2.75) is 26.0 Å². The molecule has 5 nitrogen and oxygen atoms in total. The molecule has 0 aliphatic rings. The highest BCUT2D eigenvalue weighted by Crippen LogP contribution is 2.41. The van der Waals surface area contributed by atoms with Crippen molar-refractivity contribution in [3.63, 3.8) is 0 Å². The summed E-state index contributed by atoms with van der Waals surface area (Å²) in [5.74, 6) is -3.17. The highest BCUT2D eigenvalue weighted by atomic mass is 19.4. The Kier molecular flexibility index (Phi) is 5.22. The first-order valence-electron chi connectivity index (χ1n) is 5.73. The van der Waals surface area contributed by atoms with E-state index >= 15 is 0 Å². The summed E-state index contributed by atoms with van der Waals surface area (Å²) >= 11 is 0. The fraction of sp³-hybridized carbons (Fsp3) is 0.455. The summed E-state index contributed by atoms with van der Waals surface area (Å²) in [4.78, 5) is 14.9. The van der Waals surface area contributed by atoms with Crippen LogP contribution in [0.3, 0.4) is 0 Å². The number of hydrogen-bond donors (Lipinski definition) is 1. The fourth-order valence-electron chi connectivity index (χ4n) is 1.52. The number of alkyl halides is 6. The molecule has 0 saturated carbocycles. The van der Waals surface area contributed by atoms with E-state index in [1.54, 1.807) is 0 Å². The third-order valence-corrected chi connectivity index (χ3v) is 2.31. The van der Waals surface area contributed by atoms with Gasteiger partial charge < -0.3 is 15.2 Å². The number of ether oxygens (including phenoxy) is 2. The van der Waals surface area contributed by atoms with Gasteiger partial charge in [0.1, 0.15) is 11.1 Å². The number of hydrogen-bond acceptors (Lipinski definition) is 5. The van der Waals surface area contributed by atoms with E-state index in [-0.39, 0.29) is 12.8 Å². The summed E-state index contributed by atoms with van der Waals surface area (Å²) in [6, 6.07) is 0. The van der Waals surface area contributed by atoms with Gasteiger partial charge in [0.2, 0.25) is 0 Å². The average molecular weight is 332 g/mol. The summed E-state index contributed by atoms with van der Waals surface area (Å²) in [6.07, 6.45) is -10.6. The Morgan fingerprint density at radius 2 is 1.86 bits per heavy atom. The number of halogens is 6. The van der Waals surface area contributed by atoms with E-state index in [1.165, 1.54) is 6.92 Å². The van der Waals surface area contributed by atoms with Crippen LogP contribution < -0.4 is 10.5 Å². The van der Waals surface area contributed by atoms with Gasteiger partial charge in [0, 0.05) is 12.7 Å². The molecular weight excluding hydrogens is 322 g/mol. The molecule has 2 N–H and O–H groups in total. The van der Waals surface area contributed by atoms with E-state index in [0.717, 1.165) is 0 Å². The second-order valence-corrected chi connectivity index (χ2v) is 3.79. The molecule has 0 atom stereocenters. The van der Waals surface area contributed by atoms with Crippen molar-refractivity contribution in [3.05, 3.63) is 23.0 Å². The monoisotopic (exact) mass is 332 g/mol. The Labute approximate surface area is 120 Å². The Morgan fingerprint density at radius 3 is 2.27 bits per heavy atom. The summed E-state index contributed by atoms with van der Waals surface area (Å²) in [5.41, 5.74) is 1.72. The molecule has 0 radical (unpaired) electrons. The number of carbonyl (C=O) groups excluding carboxylic acids is 1. The van der Waals surface area contributed by atoms with Crippen molar-refractivity contribution < 1.29 is 40.6 Å². The fourth-order valence-corrected chi connectivity index (χ4v) is 1.52. The molecule has 1 rings (SSSR count). The first-order valence-corrected chi connectivity index (χ1v) is 5.73. The average Bonchev–Trinajstić information content (AvgIpc) is 2.34. The SMILES string of the molecule is CCOC(=O)c1c(CN)ncc(C(F)(F)F)c1OC(F)(F)F. The van der Waals surface area contributed by atoms with E-state index in [2.05, 4.69) is 14.5 Å². The van der Waals surface area contributed by atoms with Crippen LogP contribution in [0.4, 0.5) is 26.3 Å². The summed E-state index contributed by atoms with van der Waals surface area (Å²) in [6.45, 7) is 0.469. The predicted molar refractivity (Wildman–Crippen MR) is 59.8 cm³/mol. The number of carbonyl (C=O) groups is 1. The molecule has 1 aromatic heterocycles. The molecule has 0 aromatic carbocycles. The Morgan fingerprint density at radius 1 is 1.27 bits per heavy atom. The number of nitrogens with two attached hydrogens (primary N) is 1. The molecule has 124 valence electrons. The first kappa shape index (κ1) is 18.0. The zero-order chi connectivity index (χ0) is 17.1. The van der Waals surface area contributed by atoms with Crippen LogP contribution in [0, 0.1) is 0 Å². The third kappa shape index (κ3) is 4.23. The standard InChI is InChI=1S/C11H10F6N2O3/c1-2-21-9(20)7-6(3-18)19-4-5(10(12,13)14)8(7)22-11(15,16)17/h4H,2-3,18H2,1H3. The highest BCUT2D eigenvalue weighted by molar-refractivity contribution is 5.94. The quantitative estimate of drug-likeness (QED) is 0.678. The number of aromatic nitrogens is 1. The van der Waals surface area contributed by atoms with Crippen molar-refractivity contribution in [1.82, 2.24) is 4.98 Å². The highest BCUT2D eigenvalue weighted by Gasteiger charge is 2.43. The molecule has 0 amide bonds. The largest absolute Gasteiger partial charge is 0.573 e. The smallest absolute Gasteiger partial charge is 0.462 e. The molecule has 0 unspecified atom stereocenters. The van der Waals surface area contributed by atoms with Gasteiger partial charge in [-0.1, -0.05) is 0 Å². The Hall–Kier alpha value is -2.04. The van der Waals surface area contributed by atoms with E-state index in [9.17, 15) is 31.1 Å². The molecular formula is C11H10F6N2O3. The van der Waals surface area contributed by atoms with Crippen LogP contribution in [0.5, 0.6) is 5.75 Å². The van der Waals surface area contributed by atoms with Crippen LogP contribution >= 0.6 is 0 Å². The van der Waals surface area contributed by atoms with E-state index in [1.807, 2.05) is 0 Å². The van der Waals surface area contributed by atoms with Gasteiger partial charge in [0.25, 0.3) is 0 Å². The number of pyridine rings is 1. The molecule has 0 aliphatic carbocycles. The Balaban J connectivity index is 3.63. The van der Waals surface area contributed by atoms with Gasteiger partial charge in [-0.05, 0) is 6.92 Å². The predicted octanol–water partition coefficient (Wildman–Crippen LogP) is 2.63. The van der Waals surface area contributed by atoms with Crippen LogP contribution in [-0.4, -0.2) is 23.9 Å². The maximum atomic E-state index is 12.8. The van der Waals surface area contributed by atoms with Crippen LogP contribution in [-0.2, 0) is 17.5 Å². The van der Waals surface area contributed by atoms with E-state index in [4.69, 9.17) is 5.73 Å². The maximum absolute atomic E-state index is 12.8. The third-order valence-electron chi connectivity index (χ3n) is 2.31. The van der Waals surface area contributed by atoms with Gasteiger partial charge >= 0.3 is 18.5 Å². The minimum absolute atomic E-state index is 0.117. The first-order chi connectivity index (χ1) is 10.0. The Bertz CT molecular complexity index is 556. The number of esters is 1. The number of nitrogens with zero attached hydrogens (tertiary/aromatic N) is 1. The molecule has 0 fully saturated rings. The van der Waals surface area contributed by atoms with Crippen LogP contribution in [0.1, 0.15) is 28.5 Å². The zero-order valence-corrected chi connectivity index (χ0v) is 11.0. The van der Waals surface area contributed by atoms with Gasteiger partial charge in [-0.2, -0.15) is 13.2 Å². The van der Waals surface area contributed by atoms with Gasteiger partial charge in [0.05, 0.1) is 12.3 Å². The van der Waals surface area contributed by atoms with Gasteiger partial charge in [-0.25, -0.2) is 4.79 Å². The lowest BCUT2D eigenvalue weighted by Gasteiger charge is -2.19. The van der Waals surface area contributed by atoms with Gasteiger partial charge in [-0.15, -0.1) is 13.2 Å². The second kappa shape index (κ2) is 6.38. The molecule has 0 bridgehead atoms. The molecule has 0 saturated heterocycles. The summed E-state index contributed by atoms with van der Waals surface area (Å²) in [5, 5.41) is 0. The van der Waals surface area contributed by atoms with Crippen molar-refractivity contribution >= 4 is 5.97 Å². The topological polar surface area (TPSA) is 74.4 Å². The second-order valence-electron chi connectivity index (χ2n) is 3.79. The lowest BCUT2D eigenvalue weighted by Crippen LogP contribution is -2.25. The van der Waals surface area contributed by atoms with Gasteiger partial charge in [0.15, 0.2) is 5.75 Å². The van der Waals surface area contributed by atoms with Crippen LogP contribution in [0.2, 0.25) is 0 Å². The molecule has 22 heavy (non-hydrogen) atoms. The normalized spacial score (nSPS) is 12.2. The van der Waals surface area contributed by atoms with Crippen LogP contribution in [0.15, 0.2) is 6.20 Å². The van der Waals surface area contributed by atoms with Gasteiger partial charge in [-0.3, -0.25) is 4.98 Å². The van der Waals surface area contributed by atoms with Crippen molar-refractivity contribution in [1.29, 1.82) is 0 Å². The molecule has 0 aliphatic heterocycles. The number of rotatable bonds is 4. The molecule has 0 spiro atoms. The molecule has 11 heteroatoms. The van der Waals surface area contributed by atoms with E-state index < -0.39 is 47.6 Å². The zero-order valence-electron chi connectivity index (χ0n) is 11.0. The van der Waals surface area contributed by atoms with E-state index in [0.29, 0.717) is 0 Å². The molecule has 1 aromatic rings. The minimum Gasteiger partial charge on any atom is -0.462 e. The van der Waals surface area contributed by atoms with Crippen molar-refractivity contribution in [2.75, 3.05) is 6.61 Å². The summed E-state index contributed by atoms with van der Waals surface area (Å²) < 4.78 is 83.4. The van der Waals surface area contributed by atoms with Crippen LogP contribution in [0.25, 0.3) is 0 Å². The minimum atomic E-state index is -5.45.